The van der Waals surface area contributed by atoms with E-state index in [1.165, 1.54) is 0 Å². The fraction of sp³-hybridized carbons (Fsp3) is 0.467. The summed E-state index contributed by atoms with van der Waals surface area (Å²) in [6.07, 6.45) is 1.66. The van der Waals surface area contributed by atoms with E-state index in [-0.39, 0.29) is 36.6 Å². The van der Waals surface area contributed by atoms with Gasteiger partial charge in [-0.15, -0.1) is 24.8 Å². The molecule has 0 aliphatic carbocycles. The number of aryl methyl sites for hydroxylation is 1. The molecule has 8 heteroatoms. The Bertz CT molecular complexity index is 656. The van der Waals surface area contributed by atoms with Crippen LogP contribution in [0.3, 0.4) is 0 Å². The van der Waals surface area contributed by atoms with Gasteiger partial charge in [0, 0.05) is 25.8 Å². The van der Waals surface area contributed by atoms with Gasteiger partial charge in [0.25, 0.3) is 0 Å². The number of rotatable bonds is 3. The van der Waals surface area contributed by atoms with E-state index in [1.54, 1.807) is 25.1 Å². The Morgan fingerprint density at radius 1 is 1.35 bits per heavy atom. The molecule has 128 valence electrons. The Hall–Kier alpha value is -1.34. The van der Waals surface area contributed by atoms with Crippen LogP contribution in [0.4, 0.5) is 5.69 Å². The van der Waals surface area contributed by atoms with Gasteiger partial charge in [0.2, 0.25) is 5.91 Å². The molecule has 23 heavy (non-hydrogen) atoms. The molecule has 1 aromatic carbocycles. The van der Waals surface area contributed by atoms with E-state index in [2.05, 4.69) is 10.3 Å². The number of hydrogen-bond acceptors (Lipinski definition) is 5. The van der Waals surface area contributed by atoms with Gasteiger partial charge in [-0.2, -0.15) is 0 Å². The Kier molecular flexibility index (Phi) is 7.28. The highest BCUT2D eigenvalue weighted by atomic mass is 35.5. The highest BCUT2D eigenvalue weighted by Crippen LogP contribution is 2.22. The van der Waals surface area contributed by atoms with Gasteiger partial charge in [-0.3, -0.25) is 4.79 Å². The van der Waals surface area contributed by atoms with Crippen molar-refractivity contribution < 1.29 is 13.9 Å². The third kappa shape index (κ3) is 4.57. The zero-order valence-corrected chi connectivity index (χ0v) is 14.4. The molecule has 0 spiro atoms. The number of carbonyl (C=O) groups is 1. The lowest BCUT2D eigenvalue weighted by molar-refractivity contribution is -0.119. The van der Waals surface area contributed by atoms with Crippen molar-refractivity contribution in [1.82, 2.24) is 4.98 Å². The van der Waals surface area contributed by atoms with Crippen molar-refractivity contribution in [2.45, 2.75) is 25.8 Å². The second kappa shape index (κ2) is 8.49. The third-order valence-electron chi connectivity index (χ3n) is 3.84. The van der Waals surface area contributed by atoms with Crippen molar-refractivity contribution in [1.29, 1.82) is 0 Å². The van der Waals surface area contributed by atoms with Crippen molar-refractivity contribution in [2.24, 2.45) is 11.7 Å². The zero-order chi connectivity index (χ0) is 14.8. The lowest BCUT2D eigenvalue weighted by atomic mass is 9.92. The first-order valence-corrected chi connectivity index (χ1v) is 7.15. The predicted molar refractivity (Wildman–Crippen MR) is 93.4 cm³/mol. The van der Waals surface area contributed by atoms with E-state index < -0.39 is 6.04 Å². The minimum Gasteiger partial charge on any atom is -0.441 e. The molecule has 3 N–H and O–H groups in total. The van der Waals surface area contributed by atoms with Crippen LogP contribution in [0.2, 0.25) is 0 Å². The summed E-state index contributed by atoms with van der Waals surface area (Å²) in [6.45, 7) is 3.14. The molecule has 1 aliphatic rings. The minimum atomic E-state index is -0.511. The molecule has 1 fully saturated rings. The Morgan fingerprint density at radius 3 is 2.74 bits per heavy atom. The van der Waals surface area contributed by atoms with Crippen molar-refractivity contribution in [3.63, 3.8) is 0 Å². The molecule has 0 saturated carbocycles. The second-order valence-electron chi connectivity index (χ2n) is 5.38. The molecule has 1 atom stereocenters. The molecular formula is C15H21Cl2N3O3. The number of anilines is 1. The van der Waals surface area contributed by atoms with E-state index in [0.717, 1.165) is 18.4 Å². The second-order valence-corrected chi connectivity index (χ2v) is 5.38. The van der Waals surface area contributed by atoms with Gasteiger partial charge >= 0.3 is 0 Å². The van der Waals surface area contributed by atoms with Crippen LogP contribution in [0.1, 0.15) is 18.7 Å². The standard InChI is InChI=1S/C15H19N3O3.2ClH/c1-9-17-12-8-11(2-3-13(12)21-9)18-15(19)14(16)10-4-6-20-7-5-10;;/h2-3,8,10,14H,4-7,16H2,1H3,(H,18,19);2*1H. The lowest BCUT2D eigenvalue weighted by Gasteiger charge is -2.26. The number of amides is 1. The smallest absolute Gasteiger partial charge is 0.241 e. The molecule has 1 aliphatic heterocycles. The number of hydrogen-bond donors (Lipinski definition) is 2. The molecule has 2 heterocycles. The van der Waals surface area contributed by atoms with Gasteiger partial charge in [-0.05, 0) is 37.0 Å². The van der Waals surface area contributed by atoms with Crippen LogP contribution in [0.25, 0.3) is 11.1 Å². The summed E-state index contributed by atoms with van der Waals surface area (Å²) < 4.78 is 10.7. The summed E-state index contributed by atoms with van der Waals surface area (Å²) in [7, 11) is 0. The fourth-order valence-electron chi connectivity index (χ4n) is 2.63. The normalized spacial score (nSPS) is 16.3. The molecule has 2 aromatic rings. The van der Waals surface area contributed by atoms with E-state index in [9.17, 15) is 4.79 Å². The summed E-state index contributed by atoms with van der Waals surface area (Å²) in [4.78, 5) is 16.5. The monoisotopic (exact) mass is 361 g/mol. The number of ether oxygens (including phenoxy) is 1. The van der Waals surface area contributed by atoms with Crippen molar-refractivity contribution in [3.8, 4) is 0 Å². The average Bonchev–Trinajstić information content (AvgIpc) is 2.86. The number of fused-ring (bicyclic) bond motifs is 1. The number of benzene rings is 1. The van der Waals surface area contributed by atoms with Gasteiger partial charge in [-0.1, -0.05) is 0 Å². The van der Waals surface area contributed by atoms with Crippen molar-refractivity contribution in [3.05, 3.63) is 24.1 Å². The number of nitrogens with one attached hydrogen (secondary N) is 1. The van der Waals surface area contributed by atoms with Crippen LogP contribution in [0.5, 0.6) is 0 Å². The number of halogens is 2. The molecule has 0 bridgehead atoms. The van der Waals surface area contributed by atoms with Crippen LogP contribution >= 0.6 is 24.8 Å². The van der Waals surface area contributed by atoms with Gasteiger partial charge in [-0.25, -0.2) is 4.98 Å². The fourth-order valence-corrected chi connectivity index (χ4v) is 2.63. The maximum atomic E-state index is 12.2. The first kappa shape index (κ1) is 19.7. The van der Waals surface area contributed by atoms with Crippen molar-refractivity contribution >= 4 is 47.5 Å². The summed E-state index contributed by atoms with van der Waals surface area (Å²) in [5.41, 5.74) is 8.17. The topological polar surface area (TPSA) is 90.4 Å². The van der Waals surface area contributed by atoms with Crippen LogP contribution in [0.15, 0.2) is 22.6 Å². The number of nitrogens with zero attached hydrogens (tertiary/aromatic N) is 1. The van der Waals surface area contributed by atoms with Crippen LogP contribution in [-0.4, -0.2) is 30.1 Å². The van der Waals surface area contributed by atoms with Crippen LogP contribution in [0, 0.1) is 12.8 Å². The molecule has 1 unspecified atom stereocenters. The predicted octanol–water partition coefficient (Wildman–Crippen LogP) is 2.67. The number of carbonyl (C=O) groups excluding carboxylic acids is 1. The molecule has 0 radical (unpaired) electrons. The number of nitrogens with two attached hydrogens (primary N) is 1. The average molecular weight is 362 g/mol. The molecule has 6 nitrogen and oxygen atoms in total. The molecule has 1 amide bonds. The van der Waals surface area contributed by atoms with E-state index in [4.69, 9.17) is 14.9 Å². The van der Waals surface area contributed by atoms with E-state index in [1.807, 2.05) is 0 Å². The number of aromatic nitrogens is 1. The number of oxazole rings is 1. The molecule has 3 rings (SSSR count). The summed E-state index contributed by atoms with van der Waals surface area (Å²) in [5.74, 6) is 0.616. The van der Waals surface area contributed by atoms with Gasteiger partial charge in [0.05, 0.1) is 6.04 Å². The Morgan fingerprint density at radius 2 is 2.04 bits per heavy atom. The first-order valence-electron chi connectivity index (χ1n) is 7.15. The largest absolute Gasteiger partial charge is 0.441 e. The molecule has 1 saturated heterocycles. The Balaban J connectivity index is 0.00000132. The first-order chi connectivity index (χ1) is 10.1. The minimum absolute atomic E-state index is 0. The maximum absolute atomic E-state index is 12.2. The zero-order valence-electron chi connectivity index (χ0n) is 12.8. The lowest BCUT2D eigenvalue weighted by Crippen LogP contribution is -2.43. The summed E-state index contributed by atoms with van der Waals surface area (Å²) in [5, 5.41) is 2.85. The summed E-state index contributed by atoms with van der Waals surface area (Å²) in [6, 6.07) is 4.87. The SMILES string of the molecule is Cc1nc2cc(NC(=O)C(N)C3CCOCC3)ccc2o1.Cl.Cl. The van der Waals surface area contributed by atoms with E-state index in [0.29, 0.717) is 30.4 Å². The third-order valence-corrected chi connectivity index (χ3v) is 3.84. The Labute approximate surface area is 147 Å². The molecular weight excluding hydrogens is 341 g/mol. The highest BCUT2D eigenvalue weighted by molar-refractivity contribution is 5.96. The van der Waals surface area contributed by atoms with Gasteiger partial charge in [0.1, 0.15) is 5.52 Å². The van der Waals surface area contributed by atoms with Gasteiger partial charge < -0.3 is 20.2 Å². The van der Waals surface area contributed by atoms with Crippen LogP contribution in [-0.2, 0) is 9.53 Å². The van der Waals surface area contributed by atoms with Gasteiger partial charge in [0.15, 0.2) is 11.5 Å². The van der Waals surface area contributed by atoms with E-state index >= 15 is 0 Å². The highest BCUT2D eigenvalue weighted by Gasteiger charge is 2.26. The maximum Gasteiger partial charge on any atom is 0.241 e. The van der Waals surface area contributed by atoms with Crippen LogP contribution < -0.4 is 11.1 Å². The van der Waals surface area contributed by atoms with Crippen molar-refractivity contribution in [2.75, 3.05) is 18.5 Å². The molecule has 1 aromatic heterocycles. The summed E-state index contributed by atoms with van der Waals surface area (Å²) >= 11 is 0. The quantitative estimate of drug-likeness (QED) is 0.876.